The summed E-state index contributed by atoms with van der Waals surface area (Å²) in [5, 5.41) is 8.33. The molecule has 2 aromatic heterocycles. The Labute approximate surface area is 195 Å². The summed E-state index contributed by atoms with van der Waals surface area (Å²) in [7, 11) is 0. The van der Waals surface area contributed by atoms with Crippen LogP contribution in [0.25, 0.3) is 16.7 Å². The Morgan fingerprint density at radius 2 is 1.85 bits per heavy atom. The smallest absolute Gasteiger partial charge is 0.352 e. The topological polar surface area (TPSA) is 90.4 Å². The Morgan fingerprint density at radius 1 is 1.12 bits per heavy atom. The van der Waals surface area contributed by atoms with Crippen molar-refractivity contribution < 1.29 is 4.79 Å². The summed E-state index contributed by atoms with van der Waals surface area (Å²) in [5.74, 6) is 0.308. The lowest BCUT2D eigenvalue weighted by atomic mass is 10.1. The number of hydrogen-bond acceptors (Lipinski definition) is 4. The summed E-state index contributed by atoms with van der Waals surface area (Å²) in [5.41, 5.74) is 0.986. The van der Waals surface area contributed by atoms with E-state index < -0.39 is 0 Å². The van der Waals surface area contributed by atoms with Crippen LogP contribution in [0, 0.1) is 5.92 Å². The van der Waals surface area contributed by atoms with Crippen LogP contribution in [-0.2, 0) is 13.1 Å². The second-order valence-corrected chi connectivity index (χ2v) is 8.93. The van der Waals surface area contributed by atoms with Crippen molar-refractivity contribution in [3.05, 3.63) is 79.5 Å². The predicted molar refractivity (Wildman–Crippen MR) is 129 cm³/mol. The first-order valence-electron chi connectivity index (χ1n) is 11.0. The molecule has 0 aliphatic heterocycles. The fourth-order valence-corrected chi connectivity index (χ4v) is 3.87. The van der Waals surface area contributed by atoms with Crippen LogP contribution in [-0.4, -0.2) is 31.2 Å². The fraction of sp³-hybridized carbons (Fsp3) is 0.333. The molecule has 0 fully saturated rings. The van der Waals surface area contributed by atoms with Gasteiger partial charge < -0.3 is 5.32 Å². The summed E-state index contributed by atoms with van der Waals surface area (Å²) < 4.78 is 4.26. The van der Waals surface area contributed by atoms with E-state index >= 15 is 0 Å². The van der Waals surface area contributed by atoms with Gasteiger partial charge >= 0.3 is 5.69 Å². The zero-order valence-corrected chi connectivity index (χ0v) is 19.6. The minimum atomic E-state index is -0.380. The lowest BCUT2D eigenvalue weighted by Gasteiger charge is -2.11. The van der Waals surface area contributed by atoms with Crippen molar-refractivity contribution in [3.8, 4) is 0 Å². The second-order valence-electron chi connectivity index (χ2n) is 8.49. The highest BCUT2D eigenvalue weighted by Crippen LogP contribution is 2.15. The van der Waals surface area contributed by atoms with Gasteiger partial charge in [-0.05, 0) is 48.2 Å². The van der Waals surface area contributed by atoms with Gasteiger partial charge in [-0.1, -0.05) is 44.5 Å². The standard InChI is InChI=1S/C24H26ClN5O3/c1-4-11-28-22(32)19-10-7-17(21(31)26-13-15(2)3)12-20(19)30-23(28)27-29(24(30)33)14-16-5-8-18(25)9-6-16/h5-10,12,15H,4,11,13-14H2,1-3H3,(H,26,31). The molecule has 0 aliphatic carbocycles. The lowest BCUT2D eigenvalue weighted by Crippen LogP contribution is -2.29. The van der Waals surface area contributed by atoms with Gasteiger partial charge in [-0.3, -0.25) is 14.2 Å². The molecule has 172 valence electrons. The maximum Gasteiger partial charge on any atom is 0.352 e. The van der Waals surface area contributed by atoms with Crippen LogP contribution in [0.2, 0.25) is 5.02 Å². The summed E-state index contributed by atoms with van der Waals surface area (Å²) in [6.07, 6.45) is 0.703. The number of carbonyl (C=O) groups excluding carboxylic acids is 1. The van der Waals surface area contributed by atoms with E-state index in [1.807, 2.05) is 32.9 Å². The number of nitrogens with zero attached hydrogens (tertiary/aromatic N) is 4. The Kier molecular flexibility index (Phi) is 6.37. The van der Waals surface area contributed by atoms with Crippen molar-refractivity contribution in [2.45, 2.75) is 40.3 Å². The number of hydrogen-bond donors (Lipinski definition) is 1. The molecule has 0 atom stereocenters. The first-order chi connectivity index (χ1) is 15.8. The van der Waals surface area contributed by atoms with Gasteiger partial charge in [-0.25, -0.2) is 13.9 Å². The van der Waals surface area contributed by atoms with Crippen molar-refractivity contribution in [2.75, 3.05) is 6.54 Å². The Morgan fingerprint density at radius 3 is 2.52 bits per heavy atom. The number of aromatic nitrogens is 4. The average molecular weight is 468 g/mol. The molecule has 0 unspecified atom stereocenters. The Bertz CT molecular complexity index is 1450. The molecule has 0 saturated heterocycles. The number of nitrogens with one attached hydrogen (secondary N) is 1. The van der Waals surface area contributed by atoms with E-state index in [9.17, 15) is 14.4 Å². The summed E-state index contributed by atoms with van der Waals surface area (Å²) in [4.78, 5) is 39.3. The number of benzene rings is 2. The van der Waals surface area contributed by atoms with Crippen LogP contribution in [0.5, 0.6) is 0 Å². The summed E-state index contributed by atoms with van der Waals surface area (Å²) >= 11 is 5.97. The molecular formula is C24H26ClN5O3. The highest BCUT2D eigenvalue weighted by molar-refractivity contribution is 6.30. The quantitative estimate of drug-likeness (QED) is 0.451. The van der Waals surface area contributed by atoms with E-state index in [1.54, 1.807) is 30.3 Å². The maximum absolute atomic E-state index is 13.4. The lowest BCUT2D eigenvalue weighted by molar-refractivity contribution is 0.0949. The molecule has 0 aliphatic rings. The molecule has 0 spiro atoms. The Balaban J connectivity index is 1.91. The fourth-order valence-electron chi connectivity index (χ4n) is 3.75. The second kappa shape index (κ2) is 9.23. The van der Waals surface area contributed by atoms with Gasteiger partial charge in [-0.15, -0.1) is 5.10 Å². The molecule has 9 heteroatoms. The number of amides is 1. The van der Waals surface area contributed by atoms with Crippen LogP contribution in [0.3, 0.4) is 0 Å². The van der Waals surface area contributed by atoms with E-state index in [-0.39, 0.29) is 29.5 Å². The predicted octanol–water partition coefficient (Wildman–Crippen LogP) is 3.31. The molecule has 0 saturated carbocycles. The minimum absolute atomic E-state index is 0.230. The van der Waals surface area contributed by atoms with E-state index in [1.165, 1.54) is 13.6 Å². The minimum Gasteiger partial charge on any atom is -0.352 e. The third-order valence-electron chi connectivity index (χ3n) is 5.40. The Hall–Kier alpha value is -3.39. The van der Waals surface area contributed by atoms with Crippen molar-refractivity contribution in [1.29, 1.82) is 0 Å². The molecule has 0 bridgehead atoms. The number of halogens is 1. The van der Waals surface area contributed by atoms with Crippen molar-refractivity contribution >= 4 is 34.2 Å². The number of rotatable bonds is 7. The van der Waals surface area contributed by atoms with Gasteiger partial charge in [0.1, 0.15) is 0 Å². The van der Waals surface area contributed by atoms with E-state index in [2.05, 4.69) is 10.4 Å². The van der Waals surface area contributed by atoms with Crippen LogP contribution >= 0.6 is 11.6 Å². The van der Waals surface area contributed by atoms with Gasteiger partial charge in [0, 0.05) is 23.7 Å². The summed E-state index contributed by atoms with van der Waals surface area (Å²) in [6.45, 7) is 7.16. The molecule has 1 N–H and O–H groups in total. The zero-order chi connectivity index (χ0) is 23.7. The molecule has 2 heterocycles. The van der Waals surface area contributed by atoms with Crippen molar-refractivity contribution in [3.63, 3.8) is 0 Å². The highest BCUT2D eigenvalue weighted by atomic mass is 35.5. The third-order valence-corrected chi connectivity index (χ3v) is 5.66. The van der Waals surface area contributed by atoms with Gasteiger partial charge in [-0.2, -0.15) is 0 Å². The van der Waals surface area contributed by atoms with E-state index in [4.69, 9.17) is 11.6 Å². The first-order valence-corrected chi connectivity index (χ1v) is 11.4. The highest BCUT2D eigenvalue weighted by Gasteiger charge is 2.19. The van der Waals surface area contributed by atoms with Gasteiger partial charge in [0.15, 0.2) is 0 Å². The average Bonchev–Trinajstić information content (AvgIpc) is 3.12. The number of carbonyl (C=O) groups is 1. The van der Waals surface area contributed by atoms with Gasteiger partial charge in [0.25, 0.3) is 11.5 Å². The van der Waals surface area contributed by atoms with Crippen LogP contribution in [0.4, 0.5) is 0 Å². The van der Waals surface area contributed by atoms with Crippen molar-refractivity contribution in [2.24, 2.45) is 5.92 Å². The normalized spacial score (nSPS) is 11.5. The first kappa shape index (κ1) is 22.8. The van der Waals surface area contributed by atoms with Crippen LogP contribution < -0.4 is 16.6 Å². The van der Waals surface area contributed by atoms with E-state index in [0.717, 1.165) is 5.56 Å². The zero-order valence-electron chi connectivity index (χ0n) is 18.8. The molecule has 4 aromatic rings. The van der Waals surface area contributed by atoms with Gasteiger partial charge in [0.05, 0.1) is 17.4 Å². The number of aryl methyl sites for hydroxylation is 1. The third kappa shape index (κ3) is 4.43. The number of fused-ring (bicyclic) bond motifs is 3. The van der Waals surface area contributed by atoms with Crippen LogP contribution in [0.15, 0.2) is 52.1 Å². The molecule has 33 heavy (non-hydrogen) atoms. The molecular weight excluding hydrogens is 442 g/mol. The largest absolute Gasteiger partial charge is 0.352 e. The van der Waals surface area contributed by atoms with Crippen LogP contribution in [0.1, 0.15) is 43.1 Å². The molecule has 4 rings (SSSR count). The molecule has 1 amide bonds. The maximum atomic E-state index is 13.4. The molecule has 2 aromatic carbocycles. The van der Waals surface area contributed by atoms with E-state index in [0.29, 0.717) is 46.9 Å². The monoisotopic (exact) mass is 467 g/mol. The SMILES string of the molecule is CCCn1c(=O)c2ccc(C(=O)NCC(C)C)cc2n2c(=O)n(Cc3ccc(Cl)cc3)nc12. The van der Waals surface area contributed by atoms with Gasteiger partial charge in [0.2, 0.25) is 5.78 Å². The molecule has 0 radical (unpaired) electrons. The van der Waals surface area contributed by atoms with Crippen molar-refractivity contribution in [1.82, 2.24) is 24.1 Å². The molecule has 8 nitrogen and oxygen atoms in total. The summed E-state index contributed by atoms with van der Waals surface area (Å²) in [6, 6.07) is 12.0.